The minimum absolute atomic E-state index is 0.00993. The third-order valence-electron chi connectivity index (χ3n) is 1.63. The van der Waals surface area contributed by atoms with Crippen LogP contribution in [0.25, 0.3) is 0 Å². The lowest BCUT2D eigenvalue weighted by Crippen LogP contribution is -2.38. The zero-order valence-corrected chi connectivity index (χ0v) is 7.80. The van der Waals surface area contributed by atoms with E-state index < -0.39 is 0 Å². The van der Waals surface area contributed by atoms with Crippen LogP contribution in [0.2, 0.25) is 0 Å². The van der Waals surface area contributed by atoms with Crippen molar-refractivity contribution in [3.05, 3.63) is 24.4 Å². The van der Waals surface area contributed by atoms with Crippen molar-refractivity contribution in [2.45, 2.75) is 0 Å². The molecule has 0 spiro atoms. The van der Waals surface area contributed by atoms with Gasteiger partial charge in [-0.3, -0.25) is 4.90 Å². The van der Waals surface area contributed by atoms with Crippen LogP contribution in [0.3, 0.4) is 0 Å². The molecule has 0 unspecified atom stereocenters. The molecule has 5 heteroatoms. The lowest BCUT2D eigenvalue weighted by atomic mass is 10.4. The first kappa shape index (κ1) is 10.2. The van der Waals surface area contributed by atoms with Gasteiger partial charge in [0.25, 0.3) is 0 Å². The van der Waals surface area contributed by atoms with E-state index in [1.807, 2.05) is 0 Å². The molecule has 5 nitrogen and oxygen atoms in total. The summed E-state index contributed by atoms with van der Waals surface area (Å²) in [6.45, 7) is 0.00993. The van der Waals surface area contributed by atoms with Crippen molar-refractivity contribution in [3.63, 3.8) is 0 Å². The van der Waals surface area contributed by atoms with E-state index in [0.717, 1.165) is 0 Å². The second kappa shape index (κ2) is 4.96. The Balaban J connectivity index is 2.61. The van der Waals surface area contributed by atoms with Gasteiger partial charge in [0, 0.05) is 13.2 Å². The smallest absolute Gasteiger partial charge is 0.323 e. The van der Waals surface area contributed by atoms with E-state index in [1.165, 1.54) is 4.90 Å². The zero-order chi connectivity index (χ0) is 10.4. The van der Waals surface area contributed by atoms with E-state index in [9.17, 15) is 9.59 Å². The Bertz CT molecular complexity index is 313. The molecule has 14 heavy (non-hydrogen) atoms. The number of amides is 2. The molecule has 1 aromatic rings. The maximum absolute atomic E-state index is 11.3. The number of nitrogens with one attached hydrogen (secondary N) is 1. The number of nitrogens with zero attached hydrogens (tertiary/aromatic N) is 2. The standard InChI is InChI=1S/C9H11N3O2/c1-12(9(14)11-6-7-13)8-4-2-3-5-10-8/h2-5,7H,6H2,1H3,(H,11,14). The zero-order valence-electron chi connectivity index (χ0n) is 7.80. The molecule has 0 aliphatic heterocycles. The van der Waals surface area contributed by atoms with Gasteiger partial charge in [-0.05, 0) is 12.1 Å². The second-order valence-electron chi connectivity index (χ2n) is 2.60. The van der Waals surface area contributed by atoms with Gasteiger partial charge in [-0.1, -0.05) is 6.07 Å². The Morgan fingerprint density at radius 3 is 3.00 bits per heavy atom. The molecular weight excluding hydrogens is 182 g/mol. The number of hydrogen-bond acceptors (Lipinski definition) is 3. The number of carbonyl (C=O) groups excluding carboxylic acids is 2. The van der Waals surface area contributed by atoms with Crippen molar-refractivity contribution in [2.75, 3.05) is 18.5 Å². The molecule has 0 aliphatic rings. The summed E-state index contributed by atoms with van der Waals surface area (Å²) in [5.41, 5.74) is 0. The summed E-state index contributed by atoms with van der Waals surface area (Å²) < 4.78 is 0. The van der Waals surface area contributed by atoms with Gasteiger partial charge in [-0.2, -0.15) is 0 Å². The first-order valence-electron chi connectivity index (χ1n) is 4.12. The highest BCUT2D eigenvalue weighted by molar-refractivity contribution is 5.91. The Morgan fingerprint density at radius 1 is 1.64 bits per heavy atom. The molecule has 74 valence electrons. The number of aldehydes is 1. The molecule has 1 heterocycles. The third kappa shape index (κ3) is 2.55. The molecule has 0 fully saturated rings. The summed E-state index contributed by atoms with van der Waals surface area (Å²) in [5.74, 6) is 0.538. The Morgan fingerprint density at radius 2 is 2.43 bits per heavy atom. The summed E-state index contributed by atoms with van der Waals surface area (Å²) in [6.07, 6.45) is 2.23. The van der Waals surface area contributed by atoms with Crippen LogP contribution in [-0.4, -0.2) is 30.9 Å². The minimum Gasteiger partial charge on any atom is -0.331 e. The van der Waals surface area contributed by atoms with Gasteiger partial charge in [-0.25, -0.2) is 9.78 Å². The fraction of sp³-hybridized carbons (Fsp3) is 0.222. The molecule has 0 atom stereocenters. The highest BCUT2D eigenvalue weighted by Crippen LogP contribution is 2.05. The minimum atomic E-state index is -0.351. The fourth-order valence-corrected chi connectivity index (χ4v) is 0.904. The van der Waals surface area contributed by atoms with Crippen LogP contribution in [0.4, 0.5) is 10.6 Å². The number of urea groups is 1. The summed E-state index contributed by atoms with van der Waals surface area (Å²) >= 11 is 0. The average Bonchev–Trinajstić information content (AvgIpc) is 2.26. The van der Waals surface area contributed by atoms with E-state index in [0.29, 0.717) is 12.1 Å². The first-order chi connectivity index (χ1) is 6.75. The van der Waals surface area contributed by atoms with Crippen molar-refractivity contribution < 1.29 is 9.59 Å². The van der Waals surface area contributed by atoms with Crippen LogP contribution >= 0.6 is 0 Å². The maximum atomic E-state index is 11.3. The number of rotatable bonds is 3. The fourth-order valence-electron chi connectivity index (χ4n) is 0.904. The maximum Gasteiger partial charge on any atom is 0.323 e. The number of hydrogen-bond donors (Lipinski definition) is 1. The summed E-state index contributed by atoms with van der Waals surface area (Å²) in [5, 5.41) is 2.41. The molecular formula is C9H11N3O2. The van der Waals surface area contributed by atoms with E-state index in [4.69, 9.17) is 0 Å². The lowest BCUT2D eigenvalue weighted by molar-refractivity contribution is -0.107. The predicted octanol–water partition coefficient (Wildman–Crippen LogP) is 0.426. The highest BCUT2D eigenvalue weighted by atomic mass is 16.2. The van der Waals surface area contributed by atoms with E-state index >= 15 is 0 Å². The molecule has 0 saturated heterocycles. The molecule has 0 aromatic carbocycles. The SMILES string of the molecule is CN(C(=O)NCC=O)c1ccccn1. The molecule has 0 radical (unpaired) electrons. The Hall–Kier alpha value is -1.91. The van der Waals surface area contributed by atoms with Crippen LogP contribution in [0.5, 0.6) is 0 Å². The summed E-state index contributed by atoms with van der Waals surface area (Å²) in [7, 11) is 1.59. The second-order valence-corrected chi connectivity index (χ2v) is 2.60. The van der Waals surface area contributed by atoms with Crippen molar-refractivity contribution in [3.8, 4) is 0 Å². The number of pyridine rings is 1. The molecule has 1 N–H and O–H groups in total. The predicted molar refractivity (Wildman–Crippen MR) is 52.1 cm³/mol. The molecule has 2 amide bonds. The van der Waals surface area contributed by atoms with Crippen molar-refractivity contribution in [2.24, 2.45) is 0 Å². The number of aromatic nitrogens is 1. The largest absolute Gasteiger partial charge is 0.331 e. The van der Waals surface area contributed by atoms with Gasteiger partial charge in [0.1, 0.15) is 12.1 Å². The van der Waals surface area contributed by atoms with Gasteiger partial charge in [0.15, 0.2) is 0 Å². The highest BCUT2D eigenvalue weighted by Gasteiger charge is 2.09. The van der Waals surface area contributed by atoms with Gasteiger partial charge in [0.2, 0.25) is 0 Å². The van der Waals surface area contributed by atoms with Gasteiger partial charge < -0.3 is 10.1 Å². The molecule has 1 aromatic heterocycles. The molecule has 0 bridgehead atoms. The molecule has 1 rings (SSSR count). The first-order valence-corrected chi connectivity index (χ1v) is 4.12. The third-order valence-corrected chi connectivity index (χ3v) is 1.63. The van der Waals surface area contributed by atoms with E-state index in [1.54, 1.807) is 31.4 Å². The Kier molecular flexibility index (Phi) is 3.60. The van der Waals surface area contributed by atoms with Crippen LogP contribution in [0.15, 0.2) is 24.4 Å². The van der Waals surface area contributed by atoms with Gasteiger partial charge >= 0.3 is 6.03 Å². The Labute approximate surface area is 81.7 Å². The lowest BCUT2D eigenvalue weighted by Gasteiger charge is -2.15. The topological polar surface area (TPSA) is 62.3 Å². The average molecular weight is 193 g/mol. The van der Waals surface area contributed by atoms with Crippen LogP contribution < -0.4 is 10.2 Å². The van der Waals surface area contributed by atoms with Gasteiger partial charge in [0.05, 0.1) is 6.54 Å². The molecule has 0 saturated carbocycles. The molecule has 0 aliphatic carbocycles. The van der Waals surface area contributed by atoms with Crippen molar-refractivity contribution in [1.29, 1.82) is 0 Å². The van der Waals surface area contributed by atoms with Crippen LogP contribution in [0.1, 0.15) is 0 Å². The van der Waals surface area contributed by atoms with Crippen LogP contribution in [0, 0.1) is 0 Å². The van der Waals surface area contributed by atoms with Crippen molar-refractivity contribution >= 4 is 18.1 Å². The number of anilines is 1. The summed E-state index contributed by atoms with van der Waals surface area (Å²) in [4.78, 5) is 26.7. The van der Waals surface area contributed by atoms with E-state index in [-0.39, 0.29) is 12.6 Å². The monoisotopic (exact) mass is 193 g/mol. The normalized spacial score (nSPS) is 9.21. The quantitative estimate of drug-likeness (QED) is 0.708. The number of carbonyl (C=O) groups is 2. The summed E-state index contributed by atoms with van der Waals surface area (Å²) in [6, 6.07) is 4.91. The van der Waals surface area contributed by atoms with Crippen LogP contribution in [-0.2, 0) is 4.79 Å². The van der Waals surface area contributed by atoms with E-state index in [2.05, 4.69) is 10.3 Å². The van der Waals surface area contributed by atoms with Gasteiger partial charge in [-0.15, -0.1) is 0 Å². The van der Waals surface area contributed by atoms with Crippen molar-refractivity contribution in [1.82, 2.24) is 10.3 Å².